The maximum atomic E-state index is 8.78. The van der Waals surface area contributed by atoms with Crippen molar-refractivity contribution in [1.29, 1.82) is 0 Å². The van der Waals surface area contributed by atoms with Crippen LogP contribution in [0.1, 0.15) is 44.9 Å². The van der Waals surface area contributed by atoms with Crippen LogP contribution in [0.25, 0.3) is 0 Å². The highest BCUT2D eigenvalue weighted by atomic mass is 16.4. The van der Waals surface area contributed by atoms with Gasteiger partial charge in [-0.05, 0) is 58.7 Å². The summed E-state index contributed by atoms with van der Waals surface area (Å²) in [4.78, 5) is 18.8. The first kappa shape index (κ1) is 20.3. The van der Waals surface area contributed by atoms with Crippen LogP contribution in [0.5, 0.6) is 0 Å². The van der Waals surface area contributed by atoms with Gasteiger partial charge in [-0.15, -0.1) is 0 Å². The van der Waals surface area contributed by atoms with Crippen LogP contribution < -0.4 is 5.32 Å². The lowest BCUT2D eigenvalue weighted by Crippen LogP contribution is -2.35. The van der Waals surface area contributed by atoms with Crippen molar-refractivity contribution in [2.24, 2.45) is 0 Å². The molecule has 0 aliphatic carbocycles. The molecule has 3 N–H and O–H groups in total. The van der Waals surface area contributed by atoms with Gasteiger partial charge in [0.1, 0.15) is 0 Å². The first-order valence-electron chi connectivity index (χ1n) is 7.89. The molecule has 0 aromatic heterocycles. The van der Waals surface area contributed by atoms with E-state index >= 15 is 0 Å². The molecule has 1 heterocycles. The van der Waals surface area contributed by atoms with Crippen molar-refractivity contribution in [3.8, 4) is 0 Å². The zero-order valence-corrected chi connectivity index (χ0v) is 13.1. The van der Waals surface area contributed by atoms with Gasteiger partial charge in [0.2, 0.25) is 0 Å². The molecule has 0 spiro atoms. The lowest BCUT2D eigenvalue weighted by Gasteiger charge is -2.28. The van der Waals surface area contributed by atoms with Crippen molar-refractivity contribution in [2.75, 3.05) is 26.7 Å². The fraction of sp³-hybridized carbons (Fsp3) is 0.929. The molecule has 0 bridgehead atoms. The topological polar surface area (TPSA) is 89.9 Å². The normalized spacial score (nSPS) is 16.5. The first-order valence-corrected chi connectivity index (χ1v) is 7.89. The van der Waals surface area contributed by atoms with Crippen molar-refractivity contribution in [1.82, 2.24) is 10.2 Å². The molecule has 1 aliphatic heterocycles. The Kier molecular flexibility index (Phi) is 13.7. The predicted octanol–water partition coefficient (Wildman–Crippen LogP) is 0.510. The number of piperidine rings is 1. The minimum absolute atomic E-state index is 0.250. The number of nitrogens with one attached hydrogen (secondary N) is 1. The summed E-state index contributed by atoms with van der Waals surface area (Å²) in [7, 11) is 0.897. The van der Waals surface area contributed by atoms with Gasteiger partial charge in [0, 0.05) is 6.04 Å². The van der Waals surface area contributed by atoms with Crippen LogP contribution in [0.2, 0.25) is 6.32 Å². The minimum Gasteiger partial charge on any atom is -0.427 e. The number of carbonyl (C=O) groups excluding carboxylic acids is 2. The third-order valence-electron chi connectivity index (χ3n) is 3.92. The van der Waals surface area contributed by atoms with Gasteiger partial charge in [-0.3, -0.25) is 0 Å². The number of hydrogen-bond acceptors (Lipinski definition) is 6. The minimum atomic E-state index is -1.13. The van der Waals surface area contributed by atoms with Crippen LogP contribution >= 0.6 is 0 Å². The smallest absolute Gasteiger partial charge is 0.427 e. The highest BCUT2D eigenvalue weighted by Gasteiger charge is 2.13. The van der Waals surface area contributed by atoms with Crippen LogP contribution in [0, 0.1) is 0 Å². The summed E-state index contributed by atoms with van der Waals surface area (Å²) in [6.45, 7) is 3.74. The molecule has 1 unspecified atom stereocenters. The van der Waals surface area contributed by atoms with E-state index in [9.17, 15) is 0 Å². The molecule has 1 atom stereocenters. The molecular formula is C14H29BN2O4. The summed E-state index contributed by atoms with van der Waals surface area (Å²) >= 11 is 0. The largest absolute Gasteiger partial charge is 0.451 e. The summed E-state index contributed by atoms with van der Waals surface area (Å²) in [5.41, 5.74) is 0. The maximum Gasteiger partial charge on any atom is 0.451 e. The van der Waals surface area contributed by atoms with E-state index in [1.165, 1.54) is 45.3 Å². The molecular weight excluding hydrogens is 271 g/mol. The predicted molar refractivity (Wildman–Crippen MR) is 81.6 cm³/mol. The summed E-state index contributed by atoms with van der Waals surface area (Å²) < 4.78 is 0. The number of likely N-dealkylation sites (tertiary alicyclic amines) is 1. The van der Waals surface area contributed by atoms with Crippen molar-refractivity contribution in [3.05, 3.63) is 0 Å². The number of rotatable bonds is 9. The highest BCUT2D eigenvalue weighted by Crippen LogP contribution is 2.12. The van der Waals surface area contributed by atoms with Gasteiger partial charge >= 0.3 is 13.3 Å². The molecule has 1 aliphatic rings. The molecule has 6 nitrogen and oxygen atoms in total. The molecule has 21 heavy (non-hydrogen) atoms. The average molecular weight is 300 g/mol. The Morgan fingerprint density at radius 2 is 1.76 bits per heavy atom. The van der Waals surface area contributed by atoms with E-state index in [4.69, 9.17) is 19.6 Å². The van der Waals surface area contributed by atoms with Crippen LogP contribution in [0.15, 0.2) is 0 Å². The van der Waals surface area contributed by atoms with E-state index < -0.39 is 7.12 Å². The standard InChI is InChI=1S/C13H29BN2O2.CO2/c1-15-13(7-3-4-9-14(17)18)8-12-16-10-5-2-6-11-16;2-1-3/h13,15,17-18H,2-12H2,1H3;. The monoisotopic (exact) mass is 300 g/mol. The SMILES string of the molecule is CNC(CCCCB(O)O)CCN1CCCCC1.O=C=O. The Balaban J connectivity index is 0.00000122. The quantitative estimate of drug-likeness (QED) is 0.425. The zero-order chi connectivity index (χ0) is 15.9. The Morgan fingerprint density at radius 1 is 1.14 bits per heavy atom. The van der Waals surface area contributed by atoms with Gasteiger partial charge < -0.3 is 20.3 Å². The molecule has 0 saturated carbocycles. The first-order chi connectivity index (χ1) is 10.1. The van der Waals surface area contributed by atoms with E-state index in [-0.39, 0.29) is 6.15 Å². The van der Waals surface area contributed by atoms with Gasteiger partial charge in [-0.2, -0.15) is 9.59 Å². The molecule has 0 amide bonds. The van der Waals surface area contributed by atoms with Crippen molar-refractivity contribution in [2.45, 2.75) is 57.3 Å². The second-order valence-corrected chi connectivity index (χ2v) is 5.52. The third-order valence-corrected chi connectivity index (χ3v) is 3.92. The van der Waals surface area contributed by atoms with Gasteiger partial charge in [-0.25, -0.2) is 0 Å². The van der Waals surface area contributed by atoms with Crippen molar-refractivity contribution in [3.63, 3.8) is 0 Å². The van der Waals surface area contributed by atoms with Crippen LogP contribution in [0.3, 0.4) is 0 Å². The Bertz CT molecular complexity index is 268. The lowest BCUT2D eigenvalue weighted by atomic mass is 9.83. The molecule has 1 fully saturated rings. The summed E-state index contributed by atoms with van der Waals surface area (Å²) in [6.07, 6.45) is 9.19. The molecule has 0 radical (unpaired) electrons. The Hall–Kier alpha value is -0.715. The average Bonchev–Trinajstić information content (AvgIpc) is 2.48. The van der Waals surface area contributed by atoms with Gasteiger partial charge in [0.25, 0.3) is 0 Å². The second-order valence-electron chi connectivity index (χ2n) is 5.52. The van der Waals surface area contributed by atoms with Crippen LogP contribution in [0.4, 0.5) is 0 Å². The number of unbranched alkanes of at least 4 members (excludes halogenated alkanes) is 1. The number of hydrogen-bond donors (Lipinski definition) is 3. The van der Waals surface area contributed by atoms with Gasteiger partial charge in [0.15, 0.2) is 0 Å². The highest BCUT2D eigenvalue weighted by molar-refractivity contribution is 6.40. The van der Waals surface area contributed by atoms with Crippen molar-refractivity contribution < 1.29 is 19.6 Å². The summed E-state index contributed by atoms with van der Waals surface area (Å²) in [5, 5.41) is 20.9. The van der Waals surface area contributed by atoms with E-state index in [0.717, 1.165) is 19.3 Å². The van der Waals surface area contributed by atoms with E-state index in [1.54, 1.807) is 0 Å². The Labute approximate surface area is 128 Å². The summed E-state index contributed by atoms with van der Waals surface area (Å²) in [5.74, 6) is 0. The molecule has 1 saturated heterocycles. The van der Waals surface area contributed by atoms with Crippen molar-refractivity contribution >= 4 is 13.3 Å². The summed E-state index contributed by atoms with van der Waals surface area (Å²) in [6, 6.07) is 0.572. The molecule has 0 aromatic rings. The fourth-order valence-corrected chi connectivity index (χ4v) is 2.67. The van der Waals surface area contributed by atoms with E-state index in [1.807, 2.05) is 7.05 Å². The maximum absolute atomic E-state index is 8.78. The fourth-order valence-electron chi connectivity index (χ4n) is 2.67. The second kappa shape index (κ2) is 14.2. The molecule has 7 heteroatoms. The molecule has 122 valence electrons. The molecule has 0 aromatic carbocycles. The van der Waals surface area contributed by atoms with Gasteiger partial charge in [0.05, 0.1) is 0 Å². The lowest BCUT2D eigenvalue weighted by molar-refractivity contribution is -0.191. The Morgan fingerprint density at radius 3 is 2.29 bits per heavy atom. The van der Waals surface area contributed by atoms with Crippen LogP contribution in [-0.2, 0) is 9.59 Å². The van der Waals surface area contributed by atoms with E-state index in [2.05, 4.69) is 10.2 Å². The van der Waals surface area contributed by atoms with E-state index in [0.29, 0.717) is 12.4 Å². The van der Waals surface area contributed by atoms with Gasteiger partial charge in [-0.1, -0.05) is 19.3 Å². The number of nitrogens with zero attached hydrogens (tertiary/aromatic N) is 1. The molecule has 1 rings (SSSR count). The third kappa shape index (κ3) is 12.7. The van der Waals surface area contributed by atoms with Crippen LogP contribution in [-0.4, -0.2) is 60.9 Å². The zero-order valence-electron chi connectivity index (χ0n) is 13.1.